The summed E-state index contributed by atoms with van der Waals surface area (Å²) < 4.78 is 0. The van der Waals surface area contributed by atoms with E-state index in [0.717, 1.165) is 45.2 Å². The highest BCUT2D eigenvalue weighted by Gasteiger charge is 2.37. The molecule has 0 aromatic heterocycles. The van der Waals surface area contributed by atoms with Gasteiger partial charge in [0, 0.05) is 18.9 Å². The van der Waals surface area contributed by atoms with Gasteiger partial charge in [0.05, 0.1) is 17.4 Å². The van der Waals surface area contributed by atoms with Crippen molar-refractivity contribution < 1.29 is 20.1 Å². The van der Waals surface area contributed by atoms with Crippen LogP contribution in [0.25, 0.3) is 0 Å². The number of carbonyl (C=O) groups is 1. The Hall–Kier alpha value is -1.63. The summed E-state index contributed by atoms with van der Waals surface area (Å²) in [6.45, 7) is 2.07. The van der Waals surface area contributed by atoms with E-state index in [1.54, 1.807) is 24.3 Å². The average molecular weight is 348 g/mol. The van der Waals surface area contributed by atoms with Crippen molar-refractivity contribution in [3.05, 3.63) is 24.3 Å². The third-order valence-corrected chi connectivity index (χ3v) is 5.49. The van der Waals surface area contributed by atoms with Crippen molar-refractivity contribution in [2.75, 3.05) is 25.0 Å². The van der Waals surface area contributed by atoms with Gasteiger partial charge < -0.3 is 25.5 Å². The third-order valence-electron chi connectivity index (χ3n) is 5.49. The minimum absolute atomic E-state index is 0.0644. The van der Waals surface area contributed by atoms with Crippen LogP contribution in [0.15, 0.2) is 24.3 Å². The maximum Gasteiger partial charge on any atom is 0.227 e. The molecule has 138 valence electrons. The number of rotatable bonds is 6. The highest BCUT2D eigenvalue weighted by molar-refractivity contribution is 5.93. The average Bonchev–Trinajstić information content (AvgIpc) is 2.56. The Kier molecular flexibility index (Phi) is 5.61. The molecule has 0 unspecified atom stereocenters. The van der Waals surface area contributed by atoms with E-state index in [1.165, 1.54) is 0 Å². The zero-order valence-electron chi connectivity index (χ0n) is 14.5. The standard InChI is InChI=1S/C19H28N2O4/c22-15(12-19(25)8-3-9-19)13-21-10-6-14(7-11-21)18(24)20-16-4-1-2-5-17(16)23/h1-2,4-5,14-15,22-23,25H,3,6-13H2,(H,20,24)/t15-/m1/s1. The Morgan fingerprint density at radius 2 is 1.96 bits per heavy atom. The number of amides is 1. The van der Waals surface area contributed by atoms with Gasteiger partial charge in [0.1, 0.15) is 5.75 Å². The normalized spacial score (nSPS) is 22.2. The zero-order valence-corrected chi connectivity index (χ0v) is 14.5. The number of phenolic OH excluding ortho intramolecular Hbond substituents is 1. The first kappa shape index (κ1) is 18.2. The molecule has 0 spiro atoms. The SMILES string of the molecule is O=C(Nc1ccccc1O)C1CCN(C[C@H](O)CC2(O)CCC2)CC1. The summed E-state index contributed by atoms with van der Waals surface area (Å²) in [7, 11) is 0. The highest BCUT2D eigenvalue weighted by Crippen LogP contribution is 2.35. The van der Waals surface area contributed by atoms with Gasteiger partial charge in [0.2, 0.25) is 5.91 Å². The first-order valence-electron chi connectivity index (χ1n) is 9.17. The molecule has 1 saturated carbocycles. The van der Waals surface area contributed by atoms with Gasteiger partial charge in [-0.2, -0.15) is 0 Å². The van der Waals surface area contributed by atoms with E-state index in [2.05, 4.69) is 10.2 Å². The van der Waals surface area contributed by atoms with Gasteiger partial charge in [-0.05, 0) is 57.3 Å². The number of aliphatic hydroxyl groups excluding tert-OH is 1. The first-order chi connectivity index (χ1) is 12.0. The lowest BCUT2D eigenvalue weighted by molar-refractivity contribution is -0.121. The van der Waals surface area contributed by atoms with Gasteiger partial charge in [0.15, 0.2) is 0 Å². The molecular formula is C19H28N2O4. The topological polar surface area (TPSA) is 93.0 Å². The quantitative estimate of drug-likeness (QED) is 0.587. The fourth-order valence-corrected chi connectivity index (χ4v) is 3.78. The van der Waals surface area contributed by atoms with Crippen LogP contribution >= 0.6 is 0 Å². The number of piperidine rings is 1. The molecule has 6 nitrogen and oxygen atoms in total. The maximum absolute atomic E-state index is 12.4. The van der Waals surface area contributed by atoms with Crippen LogP contribution in [0.4, 0.5) is 5.69 Å². The van der Waals surface area contributed by atoms with E-state index in [0.29, 0.717) is 18.7 Å². The number of nitrogens with zero attached hydrogens (tertiary/aromatic N) is 1. The van der Waals surface area contributed by atoms with Crippen LogP contribution in [0.1, 0.15) is 38.5 Å². The minimum atomic E-state index is -0.657. The molecule has 1 amide bonds. The summed E-state index contributed by atoms with van der Waals surface area (Å²) in [5.41, 5.74) is -0.214. The molecule has 6 heteroatoms. The lowest BCUT2D eigenvalue weighted by Crippen LogP contribution is -2.46. The summed E-state index contributed by atoms with van der Waals surface area (Å²) >= 11 is 0. The van der Waals surface area contributed by atoms with Crippen molar-refractivity contribution in [1.29, 1.82) is 0 Å². The van der Waals surface area contributed by atoms with Gasteiger partial charge in [-0.25, -0.2) is 0 Å². The number of likely N-dealkylation sites (tertiary alicyclic amines) is 1. The predicted octanol–water partition coefficient (Wildman–Crippen LogP) is 1.71. The Morgan fingerprint density at radius 3 is 2.56 bits per heavy atom. The second-order valence-electron chi connectivity index (χ2n) is 7.52. The van der Waals surface area contributed by atoms with Crippen LogP contribution in [-0.4, -0.2) is 57.5 Å². The number of hydrogen-bond acceptors (Lipinski definition) is 5. The smallest absolute Gasteiger partial charge is 0.227 e. The largest absolute Gasteiger partial charge is 0.506 e. The van der Waals surface area contributed by atoms with E-state index >= 15 is 0 Å². The number of phenols is 1. The Labute approximate surface area is 148 Å². The summed E-state index contributed by atoms with van der Waals surface area (Å²) in [6, 6.07) is 6.73. The van der Waals surface area contributed by atoms with E-state index in [9.17, 15) is 20.1 Å². The van der Waals surface area contributed by atoms with Gasteiger partial charge in [-0.1, -0.05) is 12.1 Å². The number of hydrogen-bond donors (Lipinski definition) is 4. The third kappa shape index (κ3) is 4.71. The Morgan fingerprint density at radius 1 is 1.28 bits per heavy atom. The van der Waals surface area contributed by atoms with Gasteiger partial charge >= 0.3 is 0 Å². The maximum atomic E-state index is 12.4. The monoisotopic (exact) mass is 348 g/mol. The molecule has 25 heavy (non-hydrogen) atoms. The van der Waals surface area contributed by atoms with Crippen LogP contribution in [0.3, 0.4) is 0 Å². The number of benzene rings is 1. The molecule has 0 radical (unpaired) electrons. The van der Waals surface area contributed by atoms with Gasteiger partial charge in [0.25, 0.3) is 0 Å². The van der Waals surface area contributed by atoms with Crippen LogP contribution < -0.4 is 5.32 Å². The van der Waals surface area contributed by atoms with Crippen molar-refractivity contribution in [2.24, 2.45) is 5.92 Å². The predicted molar refractivity (Wildman–Crippen MR) is 95.3 cm³/mol. The summed E-state index contributed by atoms with van der Waals surface area (Å²) in [4.78, 5) is 14.5. The molecule has 1 aliphatic carbocycles. The number of aromatic hydroxyl groups is 1. The summed E-state index contributed by atoms with van der Waals surface area (Å²) in [5.74, 6) is -0.0698. The van der Waals surface area contributed by atoms with E-state index in [-0.39, 0.29) is 17.6 Å². The van der Waals surface area contributed by atoms with Crippen molar-refractivity contribution in [3.8, 4) is 5.75 Å². The molecule has 1 atom stereocenters. The molecule has 2 aliphatic rings. The van der Waals surface area contributed by atoms with E-state index in [4.69, 9.17) is 0 Å². The second-order valence-corrected chi connectivity index (χ2v) is 7.52. The second kappa shape index (κ2) is 7.72. The number of aliphatic hydroxyl groups is 2. The number of para-hydroxylation sites is 2. The van der Waals surface area contributed by atoms with Crippen LogP contribution in [-0.2, 0) is 4.79 Å². The molecule has 2 fully saturated rings. The van der Waals surface area contributed by atoms with Crippen molar-refractivity contribution >= 4 is 11.6 Å². The first-order valence-corrected chi connectivity index (χ1v) is 9.17. The van der Waals surface area contributed by atoms with Crippen LogP contribution in [0, 0.1) is 5.92 Å². The summed E-state index contributed by atoms with van der Waals surface area (Å²) in [5, 5.41) is 32.9. The molecule has 1 aliphatic heterocycles. The number of nitrogens with one attached hydrogen (secondary N) is 1. The molecule has 4 N–H and O–H groups in total. The molecule has 1 aromatic rings. The van der Waals surface area contributed by atoms with Crippen molar-refractivity contribution in [3.63, 3.8) is 0 Å². The lowest BCUT2D eigenvalue weighted by atomic mass is 9.76. The van der Waals surface area contributed by atoms with Crippen molar-refractivity contribution in [1.82, 2.24) is 4.90 Å². The zero-order chi connectivity index (χ0) is 17.9. The molecular weight excluding hydrogens is 320 g/mol. The van der Waals surface area contributed by atoms with Gasteiger partial charge in [-0.15, -0.1) is 0 Å². The Balaban J connectivity index is 1.42. The molecule has 1 saturated heterocycles. The van der Waals surface area contributed by atoms with Crippen LogP contribution in [0.2, 0.25) is 0 Å². The summed E-state index contributed by atoms with van der Waals surface area (Å²) in [6.07, 6.45) is 4.02. The molecule has 1 heterocycles. The highest BCUT2D eigenvalue weighted by atomic mass is 16.3. The molecule has 1 aromatic carbocycles. The minimum Gasteiger partial charge on any atom is -0.506 e. The number of anilines is 1. The van der Waals surface area contributed by atoms with Crippen LogP contribution in [0.5, 0.6) is 5.75 Å². The van der Waals surface area contributed by atoms with E-state index in [1.807, 2.05) is 0 Å². The fraction of sp³-hybridized carbons (Fsp3) is 0.632. The lowest BCUT2D eigenvalue weighted by Gasteiger charge is -2.39. The number of β-amino-alcohol motifs (C(OH)–C–C–N with tert-alkyl or cyclic N) is 1. The fourth-order valence-electron chi connectivity index (χ4n) is 3.78. The number of carbonyl (C=O) groups excluding carboxylic acids is 1. The van der Waals surface area contributed by atoms with Crippen molar-refractivity contribution in [2.45, 2.75) is 50.2 Å². The van der Waals surface area contributed by atoms with E-state index < -0.39 is 11.7 Å². The van der Waals surface area contributed by atoms with Gasteiger partial charge in [-0.3, -0.25) is 4.79 Å². The molecule has 0 bridgehead atoms. The molecule has 3 rings (SSSR count). The Bertz CT molecular complexity index is 595.